The number of nitrogens with zero attached hydrogens (tertiary/aromatic N) is 2. The SMILES string of the molecule is COCCOCCOCCN1CCN(C(c2ccccc2)c2ccc(Cl)cc2)CC1. The lowest BCUT2D eigenvalue weighted by atomic mass is 9.96. The van der Waals surface area contributed by atoms with Crippen molar-refractivity contribution in [2.45, 2.75) is 6.04 Å². The highest BCUT2D eigenvalue weighted by Gasteiger charge is 2.26. The van der Waals surface area contributed by atoms with E-state index in [4.69, 9.17) is 25.8 Å². The predicted molar refractivity (Wildman–Crippen MR) is 121 cm³/mol. The van der Waals surface area contributed by atoms with E-state index in [2.05, 4.69) is 52.3 Å². The minimum absolute atomic E-state index is 0.256. The molecule has 0 amide bonds. The van der Waals surface area contributed by atoms with Gasteiger partial charge in [0.25, 0.3) is 0 Å². The second-order valence-corrected chi connectivity index (χ2v) is 7.90. The van der Waals surface area contributed by atoms with Crippen molar-refractivity contribution in [2.24, 2.45) is 0 Å². The van der Waals surface area contributed by atoms with Gasteiger partial charge in [0.1, 0.15) is 0 Å². The first-order chi connectivity index (χ1) is 14.8. The third-order valence-corrected chi connectivity index (χ3v) is 5.68. The van der Waals surface area contributed by atoms with E-state index in [-0.39, 0.29) is 6.04 Å². The van der Waals surface area contributed by atoms with Gasteiger partial charge < -0.3 is 14.2 Å². The summed E-state index contributed by atoms with van der Waals surface area (Å²) in [5.41, 5.74) is 2.61. The Bertz CT molecular complexity index is 706. The van der Waals surface area contributed by atoms with Crippen molar-refractivity contribution in [2.75, 3.05) is 72.9 Å². The first kappa shape index (κ1) is 23.2. The molecule has 0 bridgehead atoms. The third-order valence-electron chi connectivity index (χ3n) is 5.43. The second-order valence-electron chi connectivity index (χ2n) is 7.46. The zero-order valence-corrected chi connectivity index (χ0v) is 18.6. The fraction of sp³-hybridized carbons (Fsp3) is 0.500. The Kier molecular flexibility index (Phi) is 10.1. The maximum absolute atomic E-state index is 6.12. The fourth-order valence-electron chi connectivity index (χ4n) is 3.80. The van der Waals surface area contributed by atoms with Crippen molar-refractivity contribution in [3.8, 4) is 0 Å². The van der Waals surface area contributed by atoms with E-state index >= 15 is 0 Å². The van der Waals surface area contributed by atoms with Crippen LogP contribution in [0.1, 0.15) is 17.2 Å². The first-order valence-electron chi connectivity index (χ1n) is 10.7. The fourth-order valence-corrected chi connectivity index (χ4v) is 3.92. The number of methoxy groups -OCH3 is 1. The smallest absolute Gasteiger partial charge is 0.0701 e. The van der Waals surface area contributed by atoms with Gasteiger partial charge in [-0.05, 0) is 23.3 Å². The van der Waals surface area contributed by atoms with Gasteiger partial charge in [-0.3, -0.25) is 9.80 Å². The lowest BCUT2D eigenvalue weighted by Gasteiger charge is -2.39. The Morgan fingerprint density at radius 3 is 2.03 bits per heavy atom. The Hall–Kier alpha value is -1.47. The molecule has 30 heavy (non-hydrogen) atoms. The van der Waals surface area contributed by atoms with Crippen LogP contribution in [0.15, 0.2) is 54.6 Å². The number of benzene rings is 2. The van der Waals surface area contributed by atoms with E-state index in [1.165, 1.54) is 11.1 Å². The summed E-state index contributed by atoms with van der Waals surface area (Å²) in [6, 6.07) is 19.3. The van der Waals surface area contributed by atoms with E-state index in [1.807, 2.05) is 12.1 Å². The van der Waals surface area contributed by atoms with Crippen molar-refractivity contribution in [3.05, 3.63) is 70.7 Å². The van der Waals surface area contributed by atoms with Crippen molar-refractivity contribution in [1.29, 1.82) is 0 Å². The van der Waals surface area contributed by atoms with Gasteiger partial charge in [-0.15, -0.1) is 0 Å². The summed E-state index contributed by atoms with van der Waals surface area (Å²) >= 11 is 6.12. The van der Waals surface area contributed by atoms with Gasteiger partial charge in [0.05, 0.1) is 39.1 Å². The molecule has 1 aliphatic heterocycles. The molecule has 1 heterocycles. The largest absolute Gasteiger partial charge is 0.382 e. The highest BCUT2D eigenvalue weighted by atomic mass is 35.5. The molecule has 2 aromatic carbocycles. The van der Waals surface area contributed by atoms with Crippen LogP contribution in [0.3, 0.4) is 0 Å². The number of halogens is 1. The summed E-state index contributed by atoms with van der Waals surface area (Å²) in [5.74, 6) is 0. The predicted octanol–water partition coefficient (Wildman–Crippen LogP) is 3.73. The molecule has 0 saturated carbocycles. The number of piperazine rings is 1. The number of hydrogen-bond acceptors (Lipinski definition) is 5. The third kappa shape index (κ3) is 7.34. The van der Waals surface area contributed by atoms with E-state index in [0.717, 1.165) is 44.4 Å². The van der Waals surface area contributed by atoms with E-state index in [9.17, 15) is 0 Å². The molecular formula is C24H33ClN2O3. The normalized spacial score (nSPS) is 16.6. The number of rotatable bonds is 12. The maximum Gasteiger partial charge on any atom is 0.0701 e. The number of hydrogen-bond donors (Lipinski definition) is 0. The van der Waals surface area contributed by atoms with Crippen molar-refractivity contribution in [1.82, 2.24) is 9.80 Å². The first-order valence-corrected chi connectivity index (χ1v) is 11.1. The Balaban J connectivity index is 1.46. The zero-order chi connectivity index (χ0) is 21.0. The Labute approximate surface area is 185 Å². The second kappa shape index (κ2) is 13.1. The summed E-state index contributed by atoms with van der Waals surface area (Å²) in [5, 5.41) is 0.777. The molecule has 1 atom stereocenters. The minimum atomic E-state index is 0.256. The van der Waals surface area contributed by atoms with Crippen LogP contribution < -0.4 is 0 Å². The van der Waals surface area contributed by atoms with Crippen molar-refractivity contribution in [3.63, 3.8) is 0 Å². The van der Waals surface area contributed by atoms with Gasteiger partial charge >= 0.3 is 0 Å². The van der Waals surface area contributed by atoms with Gasteiger partial charge in [0.15, 0.2) is 0 Å². The van der Waals surface area contributed by atoms with Crippen molar-refractivity contribution < 1.29 is 14.2 Å². The molecule has 0 radical (unpaired) electrons. The van der Waals surface area contributed by atoms with Gasteiger partial charge in [-0.2, -0.15) is 0 Å². The molecule has 3 rings (SSSR count). The molecule has 5 nitrogen and oxygen atoms in total. The molecule has 1 aliphatic rings. The Morgan fingerprint density at radius 1 is 0.767 bits per heavy atom. The molecule has 0 aromatic heterocycles. The average Bonchev–Trinajstić information content (AvgIpc) is 2.79. The van der Waals surface area contributed by atoms with Gasteiger partial charge in [0.2, 0.25) is 0 Å². The topological polar surface area (TPSA) is 34.2 Å². The van der Waals surface area contributed by atoms with Crippen LogP contribution in [0.25, 0.3) is 0 Å². The maximum atomic E-state index is 6.12. The molecule has 0 aliphatic carbocycles. The van der Waals surface area contributed by atoms with Crippen molar-refractivity contribution >= 4 is 11.6 Å². The highest BCUT2D eigenvalue weighted by Crippen LogP contribution is 2.30. The summed E-state index contributed by atoms with van der Waals surface area (Å²) in [7, 11) is 1.68. The van der Waals surface area contributed by atoms with Crippen LogP contribution >= 0.6 is 11.6 Å². The lowest BCUT2D eigenvalue weighted by Crippen LogP contribution is -2.48. The van der Waals surface area contributed by atoms with E-state index < -0.39 is 0 Å². The molecule has 164 valence electrons. The van der Waals surface area contributed by atoms with Gasteiger partial charge in [0, 0.05) is 44.9 Å². The molecule has 0 spiro atoms. The lowest BCUT2D eigenvalue weighted by molar-refractivity contribution is 0.0146. The van der Waals surface area contributed by atoms with Crippen LogP contribution in [0.4, 0.5) is 0 Å². The molecule has 6 heteroatoms. The van der Waals surface area contributed by atoms with Crippen LogP contribution in [0.2, 0.25) is 5.02 Å². The minimum Gasteiger partial charge on any atom is -0.382 e. The van der Waals surface area contributed by atoms with E-state index in [1.54, 1.807) is 7.11 Å². The van der Waals surface area contributed by atoms with Gasteiger partial charge in [-0.25, -0.2) is 0 Å². The van der Waals surface area contributed by atoms with Crippen LogP contribution in [0, 0.1) is 0 Å². The standard InChI is InChI=1S/C24H33ClN2O3/c1-28-17-18-30-20-19-29-16-15-26-11-13-27(14-12-26)24(21-5-3-2-4-6-21)22-7-9-23(25)10-8-22/h2-10,24H,11-20H2,1H3. The summed E-state index contributed by atoms with van der Waals surface area (Å²) in [6.07, 6.45) is 0. The molecule has 1 fully saturated rings. The zero-order valence-electron chi connectivity index (χ0n) is 17.8. The quantitative estimate of drug-likeness (QED) is 0.477. The summed E-state index contributed by atoms with van der Waals surface area (Å²) < 4.78 is 16.1. The summed E-state index contributed by atoms with van der Waals surface area (Å²) in [6.45, 7) is 8.37. The molecule has 1 saturated heterocycles. The highest BCUT2D eigenvalue weighted by molar-refractivity contribution is 6.30. The Morgan fingerprint density at radius 2 is 1.37 bits per heavy atom. The van der Waals surface area contributed by atoms with Gasteiger partial charge in [-0.1, -0.05) is 54.1 Å². The molecule has 0 N–H and O–H groups in total. The molecular weight excluding hydrogens is 400 g/mol. The average molecular weight is 433 g/mol. The molecule has 2 aromatic rings. The number of ether oxygens (including phenoxy) is 3. The van der Waals surface area contributed by atoms with Crippen LogP contribution in [0.5, 0.6) is 0 Å². The molecule has 1 unspecified atom stereocenters. The van der Waals surface area contributed by atoms with Crippen LogP contribution in [-0.2, 0) is 14.2 Å². The monoisotopic (exact) mass is 432 g/mol. The summed E-state index contributed by atoms with van der Waals surface area (Å²) in [4.78, 5) is 5.05. The van der Waals surface area contributed by atoms with E-state index in [0.29, 0.717) is 26.4 Å². The van der Waals surface area contributed by atoms with Crippen LogP contribution in [-0.4, -0.2) is 82.7 Å².